The number of nitrogens with zero attached hydrogens (tertiary/aromatic N) is 4. The molecule has 1 saturated heterocycles. The minimum Gasteiger partial charge on any atom is -0.488 e. The molecule has 63 heavy (non-hydrogen) atoms. The van der Waals surface area contributed by atoms with Crippen molar-refractivity contribution in [1.82, 2.24) is 14.6 Å². The Labute approximate surface area is 353 Å². The number of hydrogen-bond acceptors (Lipinski definition) is 12. The summed E-state index contributed by atoms with van der Waals surface area (Å²) < 4.78 is 87.8. The number of amides is 3. The molecule has 0 spiro atoms. The van der Waals surface area contributed by atoms with Crippen LogP contribution in [-0.2, 0) is 19.2 Å². The SMILES string of the molecule is CC(C)C(=O)ON1C(=O)CCC1=O.C[C@H](N)c1nc2cccc(F)c2c(=O)n1-c1cccc(OCC(F)F)c1.O=C(Nc1cccc(OCC(F)F)c1)c1c(F)cccc1[N+](=O)[O-]. The van der Waals surface area contributed by atoms with E-state index >= 15 is 0 Å². The third kappa shape index (κ3) is 13.1. The Bertz CT molecular complexity index is 2520. The van der Waals surface area contributed by atoms with Crippen molar-refractivity contribution in [1.29, 1.82) is 0 Å². The first kappa shape index (κ1) is 48.3. The van der Waals surface area contributed by atoms with Crippen molar-refractivity contribution in [3.05, 3.63) is 128 Å². The maximum absolute atomic E-state index is 14.2. The summed E-state index contributed by atoms with van der Waals surface area (Å²) in [7, 11) is 0. The Balaban J connectivity index is 0.000000219. The normalized spacial score (nSPS) is 12.7. The Morgan fingerprint density at radius 1 is 0.825 bits per heavy atom. The lowest BCUT2D eigenvalue weighted by atomic mass is 10.1. The predicted octanol–water partition coefficient (Wildman–Crippen LogP) is 7.07. The smallest absolute Gasteiger partial charge is 0.335 e. The molecule has 1 atom stereocenters. The van der Waals surface area contributed by atoms with Gasteiger partial charge in [0.2, 0.25) is 0 Å². The Hall–Kier alpha value is -7.36. The van der Waals surface area contributed by atoms with Gasteiger partial charge in [-0.3, -0.25) is 33.9 Å². The minimum atomic E-state index is -2.66. The lowest BCUT2D eigenvalue weighted by molar-refractivity contribution is -0.385. The number of fused-ring (bicyclic) bond motifs is 1. The van der Waals surface area contributed by atoms with Crippen molar-refractivity contribution in [2.24, 2.45) is 11.7 Å². The van der Waals surface area contributed by atoms with Crippen LogP contribution in [0.5, 0.6) is 11.5 Å². The highest BCUT2D eigenvalue weighted by atomic mass is 19.3. The molecule has 22 heteroatoms. The van der Waals surface area contributed by atoms with Gasteiger partial charge in [-0.25, -0.2) is 36.1 Å². The molecule has 0 bridgehead atoms. The van der Waals surface area contributed by atoms with Gasteiger partial charge in [-0.2, -0.15) is 0 Å². The second-order valence-corrected chi connectivity index (χ2v) is 13.5. The molecule has 1 aliphatic heterocycles. The zero-order chi connectivity index (χ0) is 46.5. The maximum Gasteiger partial charge on any atom is 0.335 e. The predicted molar refractivity (Wildman–Crippen MR) is 212 cm³/mol. The number of anilines is 1. The Kier molecular flexibility index (Phi) is 16.8. The monoisotopic (exact) mass is 888 g/mol. The van der Waals surface area contributed by atoms with Gasteiger partial charge in [0.05, 0.1) is 28.1 Å². The highest BCUT2D eigenvalue weighted by Crippen LogP contribution is 2.25. The topological polar surface area (TPSA) is 215 Å². The van der Waals surface area contributed by atoms with Crippen LogP contribution in [0.3, 0.4) is 0 Å². The molecule has 5 aromatic rings. The highest BCUT2D eigenvalue weighted by Gasteiger charge is 2.33. The lowest BCUT2D eigenvalue weighted by Crippen LogP contribution is -2.33. The molecular formula is C41H38F6N6O10. The number of rotatable bonds is 13. The number of carbonyl (C=O) groups excluding carboxylic acids is 4. The molecule has 0 radical (unpaired) electrons. The van der Waals surface area contributed by atoms with Gasteiger partial charge in [-0.05, 0) is 49.4 Å². The van der Waals surface area contributed by atoms with Crippen LogP contribution in [0.25, 0.3) is 16.6 Å². The summed E-state index contributed by atoms with van der Waals surface area (Å²) in [5.41, 5.74) is 4.51. The molecule has 16 nitrogen and oxygen atoms in total. The molecule has 0 aliphatic carbocycles. The largest absolute Gasteiger partial charge is 0.488 e. The first-order chi connectivity index (χ1) is 29.8. The van der Waals surface area contributed by atoms with Gasteiger partial charge in [0, 0.05) is 36.7 Å². The number of nitro groups is 1. The molecule has 334 valence electrons. The third-order valence-electron chi connectivity index (χ3n) is 8.27. The van der Waals surface area contributed by atoms with Crippen LogP contribution in [-0.4, -0.2) is 69.3 Å². The highest BCUT2D eigenvalue weighted by molar-refractivity contribution is 6.07. The van der Waals surface area contributed by atoms with E-state index in [-0.39, 0.29) is 52.7 Å². The van der Waals surface area contributed by atoms with Gasteiger partial charge < -0.3 is 25.4 Å². The second-order valence-electron chi connectivity index (χ2n) is 13.5. The molecule has 3 amide bonds. The van der Waals surface area contributed by atoms with Crippen LogP contribution in [0.15, 0.2) is 89.7 Å². The molecule has 0 unspecified atom stereocenters. The van der Waals surface area contributed by atoms with Crippen molar-refractivity contribution < 1.29 is 64.8 Å². The van der Waals surface area contributed by atoms with E-state index in [9.17, 15) is 60.4 Å². The van der Waals surface area contributed by atoms with Crippen LogP contribution in [0.1, 0.15) is 55.8 Å². The number of ether oxygens (including phenoxy) is 2. The second kappa shape index (κ2) is 21.9. The van der Waals surface area contributed by atoms with E-state index in [1.807, 2.05) is 0 Å². The number of halogens is 6. The van der Waals surface area contributed by atoms with Gasteiger partial charge in [0.1, 0.15) is 47.6 Å². The fraction of sp³-hybridized carbons (Fsp3) is 0.268. The summed E-state index contributed by atoms with van der Waals surface area (Å²) in [5, 5.41) is 13.6. The fourth-order valence-electron chi connectivity index (χ4n) is 5.39. The van der Waals surface area contributed by atoms with Gasteiger partial charge in [0.15, 0.2) is 5.56 Å². The standard InChI is InChI=1S/C18H16F3N3O2.C15H11F3N2O4.C8H11NO4/c1-10(22)17-23-14-7-3-6-13(19)16(14)18(25)24(17)11-4-2-5-12(8-11)26-9-15(20)21;16-11-5-2-6-12(20(22)23)14(11)15(21)19-9-3-1-4-10(7-9)24-8-13(17)18;1-5(2)8(12)13-9-6(10)3-4-7(9)11/h2-8,10,15H,9,22H2,1H3;1-7,13H,8H2,(H,19,21);5H,3-4H2,1-2H3/t10-;;/m0../s1. The van der Waals surface area contributed by atoms with Crippen molar-refractivity contribution in [2.45, 2.75) is 52.5 Å². The number of alkyl halides is 4. The quantitative estimate of drug-likeness (QED) is 0.0526. The molecule has 0 saturated carbocycles. The maximum atomic E-state index is 14.2. The number of benzene rings is 4. The zero-order valence-corrected chi connectivity index (χ0v) is 33.4. The molecule has 4 aromatic carbocycles. The average Bonchev–Trinajstić information content (AvgIpc) is 3.54. The van der Waals surface area contributed by atoms with Crippen molar-refractivity contribution >= 4 is 46.0 Å². The van der Waals surface area contributed by atoms with Crippen LogP contribution in [0.4, 0.5) is 37.7 Å². The number of hydrogen-bond donors (Lipinski definition) is 2. The summed E-state index contributed by atoms with van der Waals surface area (Å²) in [4.78, 5) is 76.9. The molecule has 6 rings (SSSR count). The van der Waals surface area contributed by atoms with Crippen LogP contribution < -0.4 is 26.1 Å². The van der Waals surface area contributed by atoms with E-state index in [1.165, 1.54) is 59.2 Å². The number of nitrogens with one attached hydrogen (secondary N) is 1. The molecule has 2 heterocycles. The molecule has 1 fully saturated rings. The van der Waals surface area contributed by atoms with E-state index < -0.39 is 89.2 Å². The Morgan fingerprint density at radius 3 is 1.95 bits per heavy atom. The summed E-state index contributed by atoms with van der Waals surface area (Å²) in [6.07, 6.45) is -5.03. The third-order valence-corrected chi connectivity index (χ3v) is 8.27. The number of aromatic nitrogens is 2. The first-order valence-electron chi connectivity index (χ1n) is 18.6. The zero-order valence-electron chi connectivity index (χ0n) is 33.4. The number of hydroxylamine groups is 2. The summed E-state index contributed by atoms with van der Waals surface area (Å²) in [5.74, 6) is -4.15. The summed E-state index contributed by atoms with van der Waals surface area (Å²) >= 11 is 0. The number of imide groups is 1. The lowest BCUT2D eigenvalue weighted by Gasteiger charge is -2.17. The van der Waals surface area contributed by atoms with Crippen molar-refractivity contribution in [3.63, 3.8) is 0 Å². The van der Waals surface area contributed by atoms with Crippen LogP contribution >= 0.6 is 0 Å². The molecule has 3 N–H and O–H groups in total. The van der Waals surface area contributed by atoms with Crippen molar-refractivity contribution in [3.8, 4) is 17.2 Å². The fourth-order valence-corrected chi connectivity index (χ4v) is 5.39. The first-order valence-corrected chi connectivity index (χ1v) is 18.6. The summed E-state index contributed by atoms with van der Waals surface area (Å²) in [6, 6.07) is 18.0. The van der Waals surface area contributed by atoms with Gasteiger partial charge in [0.25, 0.3) is 41.8 Å². The van der Waals surface area contributed by atoms with Crippen LogP contribution in [0, 0.1) is 27.7 Å². The average molecular weight is 889 g/mol. The van der Waals surface area contributed by atoms with Crippen molar-refractivity contribution in [2.75, 3.05) is 18.5 Å². The van der Waals surface area contributed by atoms with Gasteiger partial charge in [-0.15, -0.1) is 5.06 Å². The number of carbonyl (C=O) groups is 4. The van der Waals surface area contributed by atoms with E-state index in [0.717, 1.165) is 18.2 Å². The minimum absolute atomic E-state index is 0.0659. The number of nitrogens with two attached hydrogens (primary N) is 1. The Morgan fingerprint density at radius 2 is 1.38 bits per heavy atom. The van der Waals surface area contributed by atoms with E-state index in [1.54, 1.807) is 32.9 Å². The molecule has 1 aliphatic rings. The van der Waals surface area contributed by atoms with E-state index in [0.29, 0.717) is 10.8 Å². The van der Waals surface area contributed by atoms with E-state index in [4.69, 9.17) is 15.2 Å². The van der Waals surface area contributed by atoms with Crippen LogP contribution in [0.2, 0.25) is 0 Å². The molecular weight excluding hydrogens is 850 g/mol. The van der Waals surface area contributed by atoms with E-state index in [2.05, 4.69) is 15.1 Å². The number of nitro benzene ring substituents is 1. The summed E-state index contributed by atoms with van der Waals surface area (Å²) in [6.45, 7) is 3.31. The van der Waals surface area contributed by atoms with Gasteiger partial charge >= 0.3 is 5.97 Å². The molecule has 1 aromatic heterocycles. The van der Waals surface area contributed by atoms with Gasteiger partial charge in [-0.1, -0.05) is 38.1 Å².